The summed E-state index contributed by atoms with van der Waals surface area (Å²) in [5.41, 5.74) is 0.0252. The van der Waals surface area contributed by atoms with E-state index >= 15 is 0 Å². The van der Waals surface area contributed by atoms with E-state index in [1.807, 2.05) is 37.3 Å². The Bertz CT molecular complexity index is 893. The fourth-order valence-corrected chi connectivity index (χ4v) is 2.64. The average Bonchev–Trinajstić information content (AvgIpc) is 2.48. The number of aldehydes is 1. The first-order valence-corrected chi connectivity index (χ1v) is 6.41. The number of hydrogen-bond acceptors (Lipinski definition) is 3. The summed E-state index contributed by atoms with van der Waals surface area (Å²) >= 11 is 0. The molecule has 0 radical (unpaired) electrons. The van der Waals surface area contributed by atoms with Crippen LogP contribution in [0.25, 0.3) is 21.7 Å². The molecule has 0 saturated carbocycles. The van der Waals surface area contributed by atoms with Crippen LogP contribution in [0.4, 0.5) is 0 Å². The number of fused-ring (bicyclic) bond motifs is 3. The van der Waals surface area contributed by atoms with E-state index in [0.717, 1.165) is 10.8 Å². The highest BCUT2D eigenvalue weighted by Crippen LogP contribution is 2.31. The van der Waals surface area contributed by atoms with Gasteiger partial charge in [0.05, 0.1) is 5.52 Å². The summed E-state index contributed by atoms with van der Waals surface area (Å²) in [6.45, 7) is 2.28. The molecule has 100 valence electrons. The largest absolute Gasteiger partial charge is 0.506 e. The van der Waals surface area contributed by atoms with Crippen LogP contribution in [0.2, 0.25) is 0 Å². The first-order chi connectivity index (χ1) is 9.69. The molecule has 3 rings (SSSR count). The van der Waals surface area contributed by atoms with Gasteiger partial charge < -0.3 is 9.67 Å². The molecule has 0 aliphatic rings. The van der Waals surface area contributed by atoms with Crippen LogP contribution in [-0.2, 0) is 6.54 Å². The van der Waals surface area contributed by atoms with Gasteiger partial charge in [-0.1, -0.05) is 30.3 Å². The van der Waals surface area contributed by atoms with E-state index < -0.39 is 5.56 Å². The van der Waals surface area contributed by atoms with Crippen molar-refractivity contribution in [3.05, 3.63) is 52.3 Å². The number of rotatable bonds is 2. The Morgan fingerprint density at radius 3 is 2.60 bits per heavy atom. The molecule has 0 aliphatic heterocycles. The van der Waals surface area contributed by atoms with E-state index in [2.05, 4.69) is 0 Å². The maximum atomic E-state index is 12.3. The fourth-order valence-electron chi connectivity index (χ4n) is 2.64. The molecule has 1 heterocycles. The second-order valence-electron chi connectivity index (χ2n) is 4.61. The molecule has 0 bridgehead atoms. The van der Waals surface area contributed by atoms with Gasteiger partial charge in [0.25, 0.3) is 5.56 Å². The average molecular weight is 267 g/mol. The third-order valence-corrected chi connectivity index (χ3v) is 3.59. The summed E-state index contributed by atoms with van der Waals surface area (Å²) in [6.07, 6.45) is 0.415. The van der Waals surface area contributed by atoms with Crippen molar-refractivity contribution in [2.75, 3.05) is 0 Å². The maximum Gasteiger partial charge on any atom is 0.265 e. The predicted molar refractivity (Wildman–Crippen MR) is 78.4 cm³/mol. The van der Waals surface area contributed by atoms with E-state index in [4.69, 9.17) is 0 Å². The summed E-state index contributed by atoms with van der Waals surface area (Å²) in [5, 5.41) is 12.6. The number of carbonyl (C=O) groups excluding carboxylic acids is 1. The zero-order valence-corrected chi connectivity index (χ0v) is 11.0. The van der Waals surface area contributed by atoms with Crippen LogP contribution in [0.15, 0.2) is 41.2 Å². The lowest BCUT2D eigenvalue weighted by Gasteiger charge is -2.13. The molecule has 0 unspecified atom stereocenters. The minimum atomic E-state index is -0.455. The van der Waals surface area contributed by atoms with E-state index in [1.165, 1.54) is 4.57 Å². The lowest BCUT2D eigenvalue weighted by molar-refractivity contribution is 0.111. The first-order valence-electron chi connectivity index (χ1n) is 6.41. The molecule has 2 aromatic carbocycles. The minimum absolute atomic E-state index is 0.186. The Morgan fingerprint density at radius 1 is 1.15 bits per heavy atom. The van der Waals surface area contributed by atoms with Crippen LogP contribution < -0.4 is 5.56 Å². The van der Waals surface area contributed by atoms with Crippen LogP contribution in [0.1, 0.15) is 17.3 Å². The van der Waals surface area contributed by atoms with Gasteiger partial charge in [-0.05, 0) is 18.4 Å². The predicted octanol–water partition coefficient (Wildman–Crippen LogP) is 2.69. The number of pyridine rings is 1. The fraction of sp³-hybridized carbons (Fsp3) is 0.125. The van der Waals surface area contributed by atoms with Crippen LogP contribution in [-0.4, -0.2) is 16.0 Å². The normalized spacial score (nSPS) is 11.1. The van der Waals surface area contributed by atoms with Gasteiger partial charge >= 0.3 is 0 Å². The molecule has 3 aromatic rings. The Kier molecular flexibility index (Phi) is 2.79. The van der Waals surface area contributed by atoms with Gasteiger partial charge in [0, 0.05) is 17.3 Å². The van der Waals surface area contributed by atoms with E-state index in [0.29, 0.717) is 23.7 Å². The van der Waals surface area contributed by atoms with Crippen molar-refractivity contribution in [3.63, 3.8) is 0 Å². The summed E-state index contributed by atoms with van der Waals surface area (Å²) in [7, 11) is 0. The number of aromatic nitrogens is 1. The third kappa shape index (κ3) is 1.54. The van der Waals surface area contributed by atoms with E-state index in [-0.39, 0.29) is 11.3 Å². The second kappa shape index (κ2) is 4.49. The summed E-state index contributed by atoms with van der Waals surface area (Å²) < 4.78 is 1.53. The molecule has 0 atom stereocenters. The van der Waals surface area contributed by atoms with Crippen LogP contribution in [0.3, 0.4) is 0 Å². The molecular weight excluding hydrogens is 254 g/mol. The standard InChI is InChI=1S/C16H13NO3/c1-2-17-14-11-6-4-3-5-10(11)7-8-12(14)15(19)13(9-18)16(17)20/h3-9,19H,2H2,1H3. The van der Waals surface area contributed by atoms with Crippen molar-refractivity contribution < 1.29 is 9.90 Å². The van der Waals surface area contributed by atoms with Crippen LogP contribution >= 0.6 is 0 Å². The molecule has 0 fully saturated rings. The van der Waals surface area contributed by atoms with Gasteiger partial charge in [0.1, 0.15) is 11.3 Å². The van der Waals surface area contributed by atoms with Gasteiger partial charge in [-0.15, -0.1) is 0 Å². The highest BCUT2D eigenvalue weighted by atomic mass is 16.3. The molecule has 20 heavy (non-hydrogen) atoms. The first kappa shape index (κ1) is 12.4. The SMILES string of the molecule is CCn1c(=O)c(C=O)c(O)c2ccc3ccccc3c21. The van der Waals surface area contributed by atoms with Crippen molar-refractivity contribution in [1.82, 2.24) is 4.57 Å². The number of carbonyl (C=O) groups is 1. The summed E-state index contributed by atoms with van der Waals surface area (Å²) in [4.78, 5) is 23.3. The Morgan fingerprint density at radius 2 is 1.90 bits per heavy atom. The molecule has 4 nitrogen and oxygen atoms in total. The Labute approximate surface area is 114 Å². The van der Waals surface area contributed by atoms with Crippen LogP contribution in [0.5, 0.6) is 5.75 Å². The number of aromatic hydroxyl groups is 1. The van der Waals surface area contributed by atoms with Crippen molar-refractivity contribution in [2.45, 2.75) is 13.5 Å². The monoisotopic (exact) mass is 267 g/mol. The van der Waals surface area contributed by atoms with Gasteiger partial charge in [0.15, 0.2) is 6.29 Å². The zero-order chi connectivity index (χ0) is 14.3. The third-order valence-electron chi connectivity index (χ3n) is 3.59. The molecule has 1 aromatic heterocycles. The second-order valence-corrected chi connectivity index (χ2v) is 4.61. The maximum absolute atomic E-state index is 12.3. The topological polar surface area (TPSA) is 59.3 Å². The number of benzene rings is 2. The molecule has 4 heteroatoms. The van der Waals surface area contributed by atoms with Crippen LogP contribution in [0, 0.1) is 0 Å². The molecule has 0 aliphatic carbocycles. The van der Waals surface area contributed by atoms with Crippen molar-refractivity contribution in [1.29, 1.82) is 0 Å². The molecule has 0 amide bonds. The Balaban J connectivity index is 2.68. The van der Waals surface area contributed by atoms with E-state index in [9.17, 15) is 14.7 Å². The smallest absolute Gasteiger partial charge is 0.265 e. The number of hydrogen-bond donors (Lipinski definition) is 1. The van der Waals surface area contributed by atoms with Crippen molar-refractivity contribution in [3.8, 4) is 5.75 Å². The van der Waals surface area contributed by atoms with E-state index in [1.54, 1.807) is 6.07 Å². The van der Waals surface area contributed by atoms with Gasteiger partial charge in [0.2, 0.25) is 0 Å². The zero-order valence-electron chi connectivity index (χ0n) is 11.0. The highest BCUT2D eigenvalue weighted by molar-refractivity contribution is 6.09. The summed E-state index contributed by atoms with van der Waals surface area (Å²) in [5.74, 6) is -0.240. The lowest BCUT2D eigenvalue weighted by atomic mass is 10.0. The Hall–Kier alpha value is -2.62. The quantitative estimate of drug-likeness (QED) is 0.573. The van der Waals surface area contributed by atoms with Crippen molar-refractivity contribution >= 4 is 28.0 Å². The summed E-state index contributed by atoms with van der Waals surface area (Å²) in [6, 6.07) is 11.3. The molecule has 0 spiro atoms. The highest BCUT2D eigenvalue weighted by Gasteiger charge is 2.16. The molecular formula is C16H13NO3. The lowest BCUT2D eigenvalue weighted by Crippen LogP contribution is -2.23. The minimum Gasteiger partial charge on any atom is -0.506 e. The van der Waals surface area contributed by atoms with Crippen molar-refractivity contribution in [2.24, 2.45) is 0 Å². The van der Waals surface area contributed by atoms with Gasteiger partial charge in [-0.2, -0.15) is 0 Å². The number of aryl methyl sites for hydroxylation is 1. The molecule has 0 saturated heterocycles. The van der Waals surface area contributed by atoms with Gasteiger partial charge in [-0.25, -0.2) is 0 Å². The molecule has 1 N–H and O–H groups in total. The number of nitrogens with zero attached hydrogens (tertiary/aromatic N) is 1. The van der Waals surface area contributed by atoms with Gasteiger partial charge in [-0.3, -0.25) is 9.59 Å².